The highest BCUT2D eigenvalue weighted by Gasteiger charge is 2.32. The van der Waals surface area contributed by atoms with Crippen molar-refractivity contribution in [2.45, 2.75) is 44.8 Å². The van der Waals surface area contributed by atoms with Gasteiger partial charge < -0.3 is 4.57 Å². The molecule has 2 heterocycles. The number of hydrogen-bond acceptors (Lipinski definition) is 2. The first-order valence-corrected chi connectivity index (χ1v) is 13.8. The molecule has 188 valence electrons. The molecule has 1 aromatic heterocycles. The molecule has 0 fully saturated rings. The Morgan fingerprint density at radius 1 is 0.711 bits per heavy atom. The second-order valence-electron chi connectivity index (χ2n) is 10.8. The third kappa shape index (κ3) is 4.08. The second kappa shape index (κ2) is 9.74. The molecule has 0 saturated heterocycles. The standard InChI is InChI=1S/C35H33N3/c1-25-11-5-9-17-32(25)34-33-18-10-8-12-26(33)19-20-37(34)24-31-23-36-35(27-13-3-2-4-14-27)38(31)30-21-28-15-6-7-16-29(28)22-30/h2-18,23,30,34H,19-22,24H2,1H3. The number of hydrogen-bond donors (Lipinski definition) is 0. The van der Waals surface area contributed by atoms with Crippen LogP contribution in [-0.4, -0.2) is 21.0 Å². The summed E-state index contributed by atoms with van der Waals surface area (Å²) in [5.74, 6) is 1.09. The zero-order valence-corrected chi connectivity index (χ0v) is 21.9. The van der Waals surface area contributed by atoms with Crippen molar-refractivity contribution in [1.82, 2.24) is 14.5 Å². The second-order valence-corrected chi connectivity index (χ2v) is 10.8. The molecule has 0 bridgehead atoms. The predicted octanol–water partition coefficient (Wildman–Crippen LogP) is 7.35. The van der Waals surface area contributed by atoms with Crippen molar-refractivity contribution in [2.24, 2.45) is 0 Å². The number of rotatable bonds is 5. The minimum absolute atomic E-state index is 0.241. The van der Waals surface area contributed by atoms with Crippen molar-refractivity contribution >= 4 is 0 Å². The van der Waals surface area contributed by atoms with Gasteiger partial charge in [0.05, 0.1) is 17.9 Å². The van der Waals surface area contributed by atoms with Gasteiger partial charge >= 0.3 is 0 Å². The minimum atomic E-state index is 0.241. The maximum atomic E-state index is 5.06. The quantitative estimate of drug-likeness (QED) is 0.254. The van der Waals surface area contributed by atoms with Gasteiger partial charge in [0.2, 0.25) is 0 Å². The Morgan fingerprint density at radius 3 is 2.08 bits per heavy atom. The molecule has 1 aliphatic heterocycles. The Bertz CT molecular complexity index is 1560. The lowest BCUT2D eigenvalue weighted by Gasteiger charge is -2.38. The highest BCUT2D eigenvalue weighted by molar-refractivity contribution is 5.56. The summed E-state index contributed by atoms with van der Waals surface area (Å²) in [6.07, 6.45) is 5.33. The van der Waals surface area contributed by atoms with E-state index in [1.807, 2.05) is 0 Å². The number of imidazole rings is 1. The molecule has 2 aliphatic rings. The maximum absolute atomic E-state index is 5.06. The highest BCUT2D eigenvalue weighted by atomic mass is 15.2. The van der Waals surface area contributed by atoms with Gasteiger partial charge in [0.25, 0.3) is 0 Å². The fourth-order valence-electron chi connectivity index (χ4n) is 6.69. The Morgan fingerprint density at radius 2 is 1.34 bits per heavy atom. The van der Waals surface area contributed by atoms with Crippen molar-refractivity contribution in [3.05, 3.63) is 148 Å². The summed E-state index contributed by atoms with van der Waals surface area (Å²) in [7, 11) is 0. The Hall–Kier alpha value is -3.95. The molecular formula is C35H33N3. The summed E-state index contributed by atoms with van der Waals surface area (Å²) in [6, 6.07) is 38.2. The Labute approximate surface area is 225 Å². The summed E-state index contributed by atoms with van der Waals surface area (Å²) >= 11 is 0. The number of fused-ring (bicyclic) bond motifs is 2. The summed E-state index contributed by atoms with van der Waals surface area (Å²) in [5, 5.41) is 0. The minimum Gasteiger partial charge on any atom is -0.323 e. The molecule has 0 amide bonds. The molecule has 0 N–H and O–H groups in total. The first-order chi connectivity index (χ1) is 18.8. The number of aryl methyl sites for hydroxylation is 1. The molecule has 0 radical (unpaired) electrons. The van der Waals surface area contributed by atoms with E-state index >= 15 is 0 Å². The number of nitrogens with zero attached hydrogens (tertiary/aromatic N) is 3. The average Bonchev–Trinajstić information content (AvgIpc) is 3.58. The molecule has 5 aromatic rings. The van der Waals surface area contributed by atoms with Crippen LogP contribution < -0.4 is 0 Å². The van der Waals surface area contributed by atoms with E-state index in [1.54, 1.807) is 0 Å². The van der Waals surface area contributed by atoms with E-state index in [1.165, 1.54) is 44.6 Å². The molecule has 7 rings (SSSR count). The van der Waals surface area contributed by atoms with E-state index in [0.29, 0.717) is 6.04 Å². The van der Waals surface area contributed by atoms with Crippen LogP contribution in [0.1, 0.15) is 51.2 Å². The van der Waals surface area contributed by atoms with Crippen molar-refractivity contribution < 1.29 is 0 Å². The van der Waals surface area contributed by atoms with Gasteiger partial charge in [-0.05, 0) is 59.6 Å². The first kappa shape index (κ1) is 23.2. The molecular weight excluding hydrogens is 462 g/mol. The summed E-state index contributed by atoms with van der Waals surface area (Å²) < 4.78 is 2.56. The van der Waals surface area contributed by atoms with E-state index in [-0.39, 0.29) is 6.04 Å². The topological polar surface area (TPSA) is 21.1 Å². The van der Waals surface area contributed by atoms with Crippen molar-refractivity contribution in [2.75, 3.05) is 6.54 Å². The number of benzene rings is 4. The molecule has 4 aromatic carbocycles. The van der Waals surface area contributed by atoms with Gasteiger partial charge in [0.15, 0.2) is 0 Å². The van der Waals surface area contributed by atoms with Crippen molar-refractivity contribution in [3.8, 4) is 11.4 Å². The predicted molar refractivity (Wildman–Crippen MR) is 154 cm³/mol. The van der Waals surface area contributed by atoms with Gasteiger partial charge in [-0.1, -0.05) is 103 Å². The zero-order chi connectivity index (χ0) is 25.5. The van der Waals surface area contributed by atoms with E-state index in [9.17, 15) is 0 Å². The Kier molecular flexibility index (Phi) is 5.94. The third-order valence-electron chi connectivity index (χ3n) is 8.53. The van der Waals surface area contributed by atoms with Gasteiger partial charge in [-0.15, -0.1) is 0 Å². The van der Waals surface area contributed by atoms with Gasteiger partial charge in [-0.25, -0.2) is 4.98 Å². The molecule has 3 heteroatoms. The lowest BCUT2D eigenvalue weighted by Crippen LogP contribution is -2.36. The monoisotopic (exact) mass is 495 g/mol. The Balaban J connectivity index is 1.31. The fourth-order valence-corrected chi connectivity index (χ4v) is 6.69. The molecule has 38 heavy (non-hydrogen) atoms. The van der Waals surface area contributed by atoms with Gasteiger partial charge in [0, 0.05) is 24.7 Å². The fraction of sp³-hybridized carbons (Fsp3) is 0.229. The van der Waals surface area contributed by atoms with Crippen LogP contribution >= 0.6 is 0 Å². The summed E-state index contributed by atoms with van der Waals surface area (Å²) in [4.78, 5) is 7.73. The van der Waals surface area contributed by atoms with Gasteiger partial charge in [-0.3, -0.25) is 4.90 Å². The first-order valence-electron chi connectivity index (χ1n) is 13.8. The molecule has 1 atom stereocenters. The van der Waals surface area contributed by atoms with E-state index in [0.717, 1.165) is 38.2 Å². The van der Waals surface area contributed by atoms with E-state index in [2.05, 4.69) is 126 Å². The van der Waals surface area contributed by atoms with Crippen molar-refractivity contribution in [1.29, 1.82) is 0 Å². The van der Waals surface area contributed by atoms with Crippen LogP contribution in [0.4, 0.5) is 0 Å². The lowest BCUT2D eigenvalue weighted by atomic mass is 9.86. The van der Waals surface area contributed by atoms with E-state index < -0.39 is 0 Å². The normalized spacial score (nSPS) is 17.3. The van der Waals surface area contributed by atoms with Crippen LogP contribution in [0, 0.1) is 6.92 Å². The smallest absolute Gasteiger partial charge is 0.140 e. The van der Waals surface area contributed by atoms with Crippen molar-refractivity contribution in [3.63, 3.8) is 0 Å². The summed E-state index contributed by atoms with van der Waals surface area (Å²) in [5.41, 5.74) is 11.1. The lowest BCUT2D eigenvalue weighted by molar-refractivity contribution is 0.197. The largest absolute Gasteiger partial charge is 0.323 e. The molecule has 3 nitrogen and oxygen atoms in total. The molecule has 1 aliphatic carbocycles. The maximum Gasteiger partial charge on any atom is 0.140 e. The molecule has 0 saturated carbocycles. The van der Waals surface area contributed by atoms with Crippen LogP contribution in [0.3, 0.4) is 0 Å². The van der Waals surface area contributed by atoms with Crippen LogP contribution in [0.25, 0.3) is 11.4 Å². The van der Waals surface area contributed by atoms with Crippen LogP contribution in [0.5, 0.6) is 0 Å². The highest BCUT2D eigenvalue weighted by Crippen LogP contribution is 2.39. The van der Waals surface area contributed by atoms with Crippen LogP contribution in [0.15, 0.2) is 109 Å². The SMILES string of the molecule is Cc1ccccc1C1c2ccccc2CCN1Cc1cnc(-c2ccccc2)n1C1Cc2ccccc2C1. The number of aromatic nitrogens is 2. The molecule has 0 spiro atoms. The summed E-state index contributed by atoms with van der Waals surface area (Å²) in [6.45, 7) is 4.16. The average molecular weight is 496 g/mol. The molecule has 1 unspecified atom stereocenters. The van der Waals surface area contributed by atoms with Gasteiger partial charge in [-0.2, -0.15) is 0 Å². The van der Waals surface area contributed by atoms with Crippen LogP contribution in [0.2, 0.25) is 0 Å². The van der Waals surface area contributed by atoms with E-state index in [4.69, 9.17) is 4.98 Å². The van der Waals surface area contributed by atoms with Gasteiger partial charge in [0.1, 0.15) is 5.82 Å². The van der Waals surface area contributed by atoms with Crippen LogP contribution in [-0.2, 0) is 25.8 Å². The third-order valence-corrected chi connectivity index (χ3v) is 8.53. The zero-order valence-electron chi connectivity index (χ0n) is 21.9.